The van der Waals surface area contributed by atoms with E-state index in [1.54, 1.807) is 48.7 Å². The molecule has 0 fully saturated rings. The summed E-state index contributed by atoms with van der Waals surface area (Å²) in [5.74, 6) is 0. The van der Waals surface area contributed by atoms with Gasteiger partial charge < -0.3 is 14.4 Å². The van der Waals surface area contributed by atoms with Gasteiger partial charge in [-0.05, 0) is 71.6 Å². The van der Waals surface area contributed by atoms with Gasteiger partial charge in [-0.1, -0.05) is 117 Å². The molecule has 0 aliphatic carbocycles. The first kappa shape index (κ1) is 22.1. The van der Waals surface area contributed by atoms with Gasteiger partial charge in [0.2, 0.25) is 0 Å². The van der Waals surface area contributed by atoms with Crippen LogP contribution in [0.25, 0.3) is 66.6 Å². The van der Waals surface area contributed by atoms with E-state index in [-0.39, 0.29) is 48.1 Å². The van der Waals surface area contributed by atoms with E-state index in [0.717, 1.165) is 17.1 Å². The molecule has 0 aliphatic rings. The first-order valence-electron chi connectivity index (χ1n) is 22.9. The molecule has 0 N–H and O–H groups in total. The molecular weight excluding hydrogens is 803 g/mol. The zero-order valence-corrected chi connectivity index (χ0v) is 30.4. The Morgan fingerprint density at radius 2 is 1.53 bits per heavy atom. The molecule has 4 nitrogen and oxygen atoms in total. The SMILES string of the molecule is [2H]C([2H])([2H])c1c[c-]c(-c2cc(C([2H])([2H])C(C)(C)C)ccn2)c2oc3cc4ccccc4nc3c12.[2H]C([2H])([2H])c1c[c-]c(-c2cc(C([2H])([2H])[2H])c(C([2H])([2H])[2H])cn2)cc1-c1ccccc1.[Ir]. The summed E-state index contributed by atoms with van der Waals surface area (Å²) < 4.78 is 117. The molecule has 0 atom stereocenters. The predicted molar refractivity (Wildman–Crippen MR) is 207 cm³/mol. The van der Waals surface area contributed by atoms with Gasteiger partial charge in [0.05, 0.1) is 16.6 Å². The third kappa shape index (κ3) is 7.71. The molecule has 8 aromatic rings. The van der Waals surface area contributed by atoms with Crippen molar-refractivity contribution < 1.29 is 43.7 Å². The van der Waals surface area contributed by atoms with Crippen LogP contribution in [-0.4, -0.2) is 15.0 Å². The van der Waals surface area contributed by atoms with Gasteiger partial charge in [-0.3, -0.25) is 0 Å². The van der Waals surface area contributed by atoms with Crippen molar-refractivity contribution in [2.24, 2.45) is 5.41 Å². The standard InChI is InChI=1S/C26H23N2O.C20H18N.Ir/c1-16-9-10-19(21-13-17(11-12-27-21)15-26(2,3)4)25-23(16)24-22(29-25)14-18-7-5-6-8-20(18)28-24;1-14-9-10-18(20-11-15(2)16(3)13-21-20)12-19(14)17-7-5-4-6-8-17;/h5-9,11-14H,15H2,1-4H3;4-9,11-13H,1-3H3;/q2*-1;/i1D3,15D2;1D3,2D3,3D3;. The van der Waals surface area contributed by atoms with Crippen LogP contribution < -0.4 is 0 Å². The van der Waals surface area contributed by atoms with Crippen LogP contribution in [0.4, 0.5) is 0 Å². The van der Waals surface area contributed by atoms with Crippen molar-refractivity contribution in [3.05, 3.63) is 149 Å². The minimum atomic E-state index is -2.65. The molecule has 0 spiro atoms. The Morgan fingerprint density at radius 1 is 0.765 bits per heavy atom. The Hall–Kier alpha value is -4.96. The molecular formula is C46H41IrN3O-2. The van der Waals surface area contributed by atoms with Gasteiger partial charge in [0.25, 0.3) is 0 Å². The molecule has 8 rings (SSSR count). The number of pyridine rings is 3. The Morgan fingerprint density at radius 3 is 2.31 bits per heavy atom. The molecule has 51 heavy (non-hydrogen) atoms. The molecule has 0 saturated carbocycles. The molecule has 4 aromatic heterocycles. The smallest absolute Gasteiger partial charge is 0.140 e. The largest absolute Gasteiger partial charge is 0.499 e. The number of aromatic nitrogens is 3. The Labute approximate surface area is 334 Å². The maximum Gasteiger partial charge on any atom is 0.140 e. The van der Waals surface area contributed by atoms with Gasteiger partial charge in [0, 0.05) is 57.1 Å². The maximum atomic E-state index is 8.65. The number of rotatable bonds is 4. The Balaban J connectivity index is 0.000000214. The normalized spacial score (nSPS) is 16.7. The van der Waals surface area contributed by atoms with Crippen molar-refractivity contribution in [3.63, 3.8) is 0 Å². The van der Waals surface area contributed by atoms with E-state index >= 15 is 0 Å². The summed E-state index contributed by atoms with van der Waals surface area (Å²) in [6.45, 7) is -4.50. The minimum Gasteiger partial charge on any atom is -0.499 e. The molecule has 0 bridgehead atoms. The molecule has 0 aliphatic heterocycles. The van der Waals surface area contributed by atoms with Gasteiger partial charge in [0.1, 0.15) is 5.58 Å². The fraction of sp³-hybridized carbons (Fsp3) is 0.196. The zero-order valence-electron chi connectivity index (χ0n) is 42.0. The van der Waals surface area contributed by atoms with Crippen molar-refractivity contribution in [1.29, 1.82) is 0 Å². The Bertz CT molecular complexity index is 3020. The van der Waals surface area contributed by atoms with Crippen molar-refractivity contribution in [2.75, 3.05) is 0 Å². The molecule has 0 saturated heterocycles. The topological polar surface area (TPSA) is 51.8 Å². The summed E-state index contributed by atoms with van der Waals surface area (Å²) in [4.78, 5) is 13.3. The number of furan rings is 1. The summed E-state index contributed by atoms with van der Waals surface area (Å²) in [5, 5.41) is 1.29. The second-order valence-electron chi connectivity index (χ2n) is 12.9. The van der Waals surface area contributed by atoms with E-state index in [9.17, 15) is 0 Å². The summed E-state index contributed by atoms with van der Waals surface area (Å²) in [6, 6.07) is 33.2. The van der Waals surface area contributed by atoms with Crippen LogP contribution in [0, 0.1) is 45.0 Å². The van der Waals surface area contributed by atoms with E-state index < -0.39 is 39.2 Å². The average Bonchev–Trinajstić information content (AvgIpc) is 3.59. The van der Waals surface area contributed by atoms with E-state index in [4.69, 9.17) is 28.6 Å². The quantitative estimate of drug-likeness (QED) is 0.165. The van der Waals surface area contributed by atoms with Crippen LogP contribution in [0.5, 0.6) is 0 Å². The average molecular weight is 858 g/mol. The fourth-order valence-electron chi connectivity index (χ4n) is 5.70. The van der Waals surface area contributed by atoms with Gasteiger partial charge in [-0.2, -0.15) is 0 Å². The van der Waals surface area contributed by atoms with Crippen molar-refractivity contribution in [1.82, 2.24) is 15.0 Å². The molecule has 1 radical (unpaired) electrons. The van der Waals surface area contributed by atoms with Crippen LogP contribution in [0.15, 0.2) is 114 Å². The summed E-state index contributed by atoms with van der Waals surface area (Å²) in [5.41, 5.74) is 4.01. The second kappa shape index (κ2) is 14.7. The Kier molecular flexibility index (Phi) is 6.37. The fourth-order valence-corrected chi connectivity index (χ4v) is 5.70. The molecule has 0 amide bonds. The van der Waals surface area contributed by atoms with Crippen LogP contribution in [0.2, 0.25) is 0 Å². The summed E-state index contributed by atoms with van der Waals surface area (Å²) in [7, 11) is 0. The number of fused-ring (bicyclic) bond motifs is 4. The van der Waals surface area contributed by atoms with Crippen molar-refractivity contribution in [2.45, 2.75) is 54.6 Å². The minimum absolute atomic E-state index is 0. The third-order valence-corrected chi connectivity index (χ3v) is 7.97. The number of aryl methyl sites for hydroxylation is 4. The molecule has 5 heteroatoms. The molecule has 257 valence electrons. The van der Waals surface area contributed by atoms with Gasteiger partial charge in [0.15, 0.2) is 0 Å². The van der Waals surface area contributed by atoms with E-state index in [2.05, 4.69) is 22.1 Å². The third-order valence-electron chi connectivity index (χ3n) is 7.97. The van der Waals surface area contributed by atoms with Crippen LogP contribution in [-0.2, 0) is 26.5 Å². The van der Waals surface area contributed by atoms with Gasteiger partial charge in [-0.25, -0.2) is 4.98 Å². The first-order chi connectivity index (χ1) is 29.7. The number of nitrogens with zero attached hydrogens (tertiary/aromatic N) is 3. The van der Waals surface area contributed by atoms with Crippen LogP contribution in [0.1, 0.15) is 67.8 Å². The first-order valence-corrected chi connectivity index (χ1v) is 15.9. The number of benzene rings is 4. The molecule has 4 aromatic carbocycles. The van der Waals surface area contributed by atoms with Gasteiger partial charge >= 0.3 is 0 Å². The molecule has 4 heterocycles. The number of hydrogen-bond acceptors (Lipinski definition) is 4. The van der Waals surface area contributed by atoms with E-state index in [0.29, 0.717) is 55.6 Å². The predicted octanol–water partition coefficient (Wildman–Crippen LogP) is 12.0. The van der Waals surface area contributed by atoms with Gasteiger partial charge in [-0.15, -0.1) is 47.0 Å². The second-order valence-corrected chi connectivity index (χ2v) is 12.9. The molecule has 0 unspecified atom stereocenters. The monoisotopic (exact) mass is 858 g/mol. The van der Waals surface area contributed by atoms with Crippen molar-refractivity contribution >= 4 is 33.0 Å². The van der Waals surface area contributed by atoms with Crippen molar-refractivity contribution in [3.8, 4) is 33.6 Å². The number of para-hydroxylation sites is 1. The van der Waals surface area contributed by atoms with E-state index in [1.807, 2.05) is 57.2 Å². The summed E-state index contributed by atoms with van der Waals surface area (Å²) in [6.07, 6.45) is 0.980. The summed E-state index contributed by atoms with van der Waals surface area (Å²) >= 11 is 0. The van der Waals surface area contributed by atoms with E-state index in [1.165, 1.54) is 18.2 Å². The zero-order chi connectivity index (χ0) is 46.8. The van der Waals surface area contributed by atoms with Crippen LogP contribution >= 0.6 is 0 Å². The maximum absolute atomic E-state index is 8.65. The number of hydrogen-bond donors (Lipinski definition) is 0. The van der Waals surface area contributed by atoms with Crippen LogP contribution in [0.3, 0.4) is 0 Å².